The predicted molar refractivity (Wildman–Crippen MR) is 60.9 cm³/mol. The van der Waals surface area contributed by atoms with Crippen molar-refractivity contribution in [3.05, 3.63) is 35.9 Å². The van der Waals surface area contributed by atoms with Gasteiger partial charge in [-0.1, -0.05) is 30.3 Å². The fourth-order valence-electron chi connectivity index (χ4n) is 2.13. The van der Waals surface area contributed by atoms with Crippen LogP contribution in [-0.2, 0) is 10.7 Å². The summed E-state index contributed by atoms with van der Waals surface area (Å²) in [6.45, 7) is 1.28. The Morgan fingerprint density at radius 3 is 2.35 bits per heavy atom. The zero-order valence-electron chi connectivity index (χ0n) is 9.46. The van der Waals surface area contributed by atoms with Gasteiger partial charge in [-0.25, -0.2) is 0 Å². The number of Topliss-reactive ketones (excluding diaryl/α,β-unsaturated/α-hetero) is 1. The van der Waals surface area contributed by atoms with Crippen LogP contribution in [0.4, 0.5) is 8.78 Å². The number of hydrogen-bond donors (Lipinski definition) is 1. The number of nitrogens with one attached hydrogen (secondary N) is 1. The Balaban J connectivity index is 2.17. The van der Waals surface area contributed by atoms with Crippen LogP contribution in [0.25, 0.3) is 0 Å². The molecule has 1 aliphatic heterocycles. The topological polar surface area (TPSA) is 29.1 Å². The Kier molecular flexibility index (Phi) is 3.52. The SMILES string of the molecule is O=C(C1CCNCC1)C(F)(F)c1ccccc1. The second-order valence-electron chi connectivity index (χ2n) is 4.33. The number of halogens is 2. The van der Waals surface area contributed by atoms with Gasteiger partial charge in [0.2, 0.25) is 5.78 Å². The minimum atomic E-state index is -3.36. The maximum absolute atomic E-state index is 14.0. The average molecular weight is 239 g/mol. The molecule has 2 nitrogen and oxygen atoms in total. The fourth-order valence-corrected chi connectivity index (χ4v) is 2.13. The van der Waals surface area contributed by atoms with Gasteiger partial charge in [0.1, 0.15) is 0 Å². The first-order valence-corrected chi connectivity index (χ1v) is 5.81. The standard InChI is InChI=1S/C13H15F2NO/c14-13(15,11-4-2-1-3-5-11)12(17)10-6-8-16-9-7-10/h1-5,10,16H,6-9H2. The second-order valence-corrected chi connectivity index (χ2v) is 4.33. The van der Waals surface area contributed by atoms with E-state index in [0.29, 0.717) is 25.9 Å². The number of carbonyl (C=O) groups excluding carboxylic acids is 1. The van der Waals surface area contributed by atoms with Gasteiger partial charge >= 0.3 is 5.92 Å². The molecule has 0 saturated carbocycles. The first-order chi connectivity index (χ1) is 8.12. The molecule has 1 saturated heterocycles. The summed E-state index contributed by atoms with van der Waals surface area (Å²) in [4.78, 5) is 11.8. The van der Waals surface area contributed by atoms with E-state index in [2.05, 4.69) is 5.32 Å². The van der Waals surface area contributed by atoms with Gasteiger partial charge in [-0.3, -0.25) is 4.79 Å². The second kappa shape index (κ2) is 4.92. The van der Waals surface area contributed by atoms with Crippen LogP contribution in [0.1, 0.15) is 18.4 Å². The van der Waals surface area contributed by atoms with Crippen molar-refractivity contribution in [3.8, 4) is 0 Å². The first-order valence-electron chi connectivity index (χ1n) is 5.81. The number of carbonyl (C=O) groups is 1. The third kappa shape index (κ3) is 2.52. The minimum Gasteiger partial charge on any atom is -0.317 e. The van der Waals surface area contributed by atoms with E-state index in [0.717, 1.165) is 0 Å². The smallest absolute Gasteiger partial charge is 0.317 e. The minimum absolute atomic E-state index is 0.205. The molecule has 92 valence electrons. The van der Waals surface area contributed by atoms with Gasteiger partial charge in [0.05, 0.1) is 0 Å². The van der Waals surface area contributed by atoms with E-state index in [-0.39, 0.29) is 5.56 Å². The summed E-state index contributed by atoms with van der Waals surface area (Å²) in [5.41, 5.74) is -0.205. The summed E-state index contributed by atoms with van der Waals surface area (Å²) in [6, 6.07) is 7.32. The summed E-state index contributed by atoms with van der Waals surface area (Å²) in [5, 5.41) is 3.06. The molecule has 1 aromatic rings. The molecule has 2 rings (SSSR count). The van der Waals surface area contributed by atoms with Crippen LogP contribution in [0.5, 0.6) is 0 Å². The van der Waals surface area contributed by atoms with Gasteiger partial charge in [0.25, 0.3) is 0 Å². The molecular weight excluding hydrogens is 224 g/mol. The lowest BCUT2D eigenvalue weighted by Crippen LogP contribution is -2.38. The lowest BCUT2D eigenvalue weighted by Gasteiger charge is -2.25. The van der Waals surface area contributed by atoms with Gasteiger partial charge in [-0.2, -0.15) is 8.78 Å². The number of rotatable bonds is 3. The number of alkyl halides is 2. The number of benzene rings is 1. The van der Waals surface area contributed by atoms with Gasteiger partial charge in [-0.15, -0.1) is 0 Å². The van der Waals surface area contributed by atoms with Crippen molar-refractivity contribution in [3.63, 3.8) is 0 Å². The fraction of sp³-hybridized carbons (Fsp3) is 0.462. The summed E-state index contributed by atoms with van der Waals surface area (Å²) >= 11 is 0. The lowest BCUT2D eigenvalue weighted by molar-refractivity contribution is -0.149. The monoisotopic (exact) mass is 239 g/mol. The molecule has 1 aliphatic rings. The van der Waals surface area contributed by atoms with E-state index in [1.807, 2.05) is 0 Å². The van der Waals surface area contributed by atoms with E-state index >= 15 is 0 Å². The van der Waals surface area contributed by atoms with Gasteiger partial charge < -0.3 is 5.32 Å². The molecule has 1 aromatic carbocycles. The largest absolute Gasteiger partial charge is 0.330 e. The van der Waals surface area contributed by atoms with Crippen molar-refractivity contribution < 1.29 is 13.6 Å². The molecule has 1 fully saturated rings. The van der Waals surface area contributed by atoms with Crippen molar-refractivity contribution >= 4 is 5.78 Å². The molecule has 0 radical (unpaired) electrons. The third-order valence-corrected chi connectivity index (χ3v) is 3.16. The molecule has 0 unspecified atom stereocenters. The Morgan fingerprint density at radius 2 is 1.76 bits per heavy atom. The van der Waals surface area contributed by atoms with E-state index in [1.54, 1.807) is 6.07 Å². The predicted octanol–water partition coefficient (Wildman–Crippen LogP) is 2.35. The van der Waals surface area contributed by atoms with E-state index in [9.17, 15) is 13.6 Å². The molecule has 0 atom stereocenters. The Bertz CT molecular complexity index is 386. The van der Waals surface area contributed by atoms with Gasteiger partial charge in [0, 0.05) is 11.5 Å². The normalized spacial score (nSPS) is 18.0. The zero-order chi connectivity index (χ0) is 12.3. The highest BCUT2D eigenvalue weighted by Crippen LogP contribution is 2.33. The molecule has 0 amide bonds. The summed E-state index contributed by atoms with van der Waals surface area (Å²) in [6.07, 6.45) is 1.00. The van der Waals surface area contributed by atoms with Crippen LogP contribution in [-0.4, -0.2) is 18.9 Å². The van der Waals surface area contributed by atoms with Crippen molar-refractivity contribution in [2.45, 2.75) is 18.8 Å². The van der Waals surface area contributed by atoms with Crippen LogP contribution >= 0.6 is 0 Å². The molecule has 1 heterocycles. The Labute approximate surface area is 99.0 Å². The van der Waals surface area contributed by atoms with Crippen LogP contribution in [0.3, 0.4) is 0 Å². The zero-order valence-corrected chi connectivity index (χ0v) is 9.46. The quantitative estimate of drug-likeness (QED) is 0.877. The number of ketones is 1. The highest BCUT2D eigenvalue weighted by Gasteiger charge is 2.44. The van der Waals surface area contributed by atoms with Crippen LogP contribution in [0.2, 0.25) is 0 Å². The Hall–Kier alpha value is -1.29. The summed E-state index contributed by atoms with van der Waals surface area (Å²) in [7, 11) is 0. The lowest BCUT2D eigenvalue weighted by atomic mass is 9.88. The van der Waals surface area contributed by atoms with Crippen LogP contribution in [0.15, 0.2) is 30.3 Å². The maximum Gasteiger partial charge on any atom is 0.330 e. The van der Waals surface area contributed by atoms with Crippen molar-refractivity contribution in [2.75, 3.05) is 13.1 Å². The molecule has 0 bridgehead atoms. The molecule has 0 aromatic heterocycles. The molecule has 1 N–H and O–H groups in total. The van der Waals surface area contributed by atoms with Crippen molar-refractivity contribution in [1.82, 2.24) is 5.32 Å². The van der Waals surface area contributed by atoms with Crippen LogP contribution < -0.4 is 5.32 Å². The number of piperidine rings is 1. The third-order valence-electron chi connectivity index (χ3n) is 3.16. The van der Waals surface area contributed by atoms with E-state index < -0.39 is 17.6 Å². The first kappa shape index (κ1) is 12.2. The van der Waals surface area contributed by atoms with Gasteiger partial charge in [0.15, 0.2) is 0 Å². The highest BCUT2D eigenvalue weighted by atomic mass is 19.3. The van der Waals surface area contributed by atoms with Crippen molar-refractivity contribution in [2.24, 2.45) is 5.92 Å². The average Bonchev–Trinajstić information content (AvgIpc) is 2.40. The summed E-state index contributed by atoms with van der Waals surface area (Å²) in [5.74, 6) is -4.82. The van der Waals surface area contributed by atoms with Crippen LogP contribution in [0, 0.1) is 5.92 Å². The Morgan fingerprint density at radius 1 is 1.18 bits per heavy atom. The molecule has 4 heteroatoms. The molecule has 17 heavy (non-hydrogen) atoms. The highest BCUT2D eigenvalue weighted by molar-refractivity contribution is 5.89. The molecular formula is C13H15F2NO. The molecule has 0 spiro atoms. The summed E-state index contributed by atoms with van der Waals surface area (Å²) < 4.78 is 27.9. The van der Waals surface area contributed by atoms with E-state index in [4.69, 9.17) is 0 Å². The molecule has 0 aliphatic carbocycles. The van der Waals surface area contributed by atoms with E-state index in [1.165, 1.54) is 24.3 Å². The van der Waals surface area contributed by atoms with Crippen molar-refractivity contribution in [1.29, 1.82) is 0 Å². The van der Waals surface area contributed by atoms with Gasteiger partial charge in [-0.05, 0) is 25.9 Å². The maximum atomic E-state index is 14.0. The number of hydrogen-bond acceptors (Lipinski definition) is 2.